The molecule has 0 saturated heterocycles. The second-order valence-corrected chi connectivity index (χ2v) is 4.07. The van der Waals surface area contributed by atoms with Crippen molar-refractivity contribution in [2.45, 2.75) is 26.5 Å². The van der Waals surface area contributed by atoms with E-state index in [2.05, 4.69) is 5.32 Å². The largest absolute Gasteiger partial charge is 0.468 e. The third-order valence-electron chi connectivity index (χ3n) is 2.16. The summed E-state index contributed by atoms with van der Waals surface area (Å²) in [6.07, 6.45) is 0. The molecular weight excluding hydrogens is 178 g/mol. The molecule has 0 saturated carbocycles. The van der Waals surface area contributed by atoms with Crippen LogP contribution in [0.5, 0.6) is 5.75 Å². The van der Waals surface area contributed by atoms with Gasteiger partial charge in [-0.05, 0) is 38.5 Å². The minimum absolute atomic E-state index is 0.0729. The maximum Gasteiger partial charge on any atom is 0.258 e. The van der Waals surface area contributed by atoms with Crippen molar-refractivity contribution < 1.29 is 9.53 Å². The number of ether oxygens (including phenoxy) is 1. The lowest BCUT2D eigenvalue weighted by Crippen LogP contribution is -2.51. The van der Waals surface area contributed by atoms with Crippen LogP contribution in [0, 0.1) is 6.92 Å². The van der Waals surface area contributed by atoms with Crippen LogP contribution in [0.25, 0.3) is 0 Å². The first-order chi connectivity index (χ1) is 6.48. The number of carbonyl (C=O) groups is 1. The van der Waals surface area contributed by atoms with Crippen LogP contribution in [0.15, 0.2) is 18.2 Å². The smallest absolute Gasteiger partial charge is 0.258 e. The lowest BCUT2D eigenvalue weighted by molar-refractivity contribution is 0.0432. The van der Waals surface area contributed by atoms with Crippen LogP contribution >= 0.6 is 0 Å². The van der Waals surface area contributed by atoms with Crippen LogP contribution < -0.4 is 10.1 Å². The molecule has 0 bridgehead atoms. The summed E-state index contributed by atoms with van der Waals surface area (Å²) in [5, 5.41) is 2.77. The van der Waals surface area contributed by atoms with E-state index >= 15 is 0 Å². The zero-order valence-corrected chi connectivity index (χ0v) is 8.55. The Bertz CT molecular complexity index is 396. The van der Waals surface area contributed by atoms with Crippen molar-refractivity contribution in [1.82, 2.24) is 5.32 Å². The van der Waals surface area contributed by atoms with Crippen LogP contribution in [-0.2, 0) is 0 Å². The number of amides is 1. The summed E-state index contributed by atoms with van der Waals surface area (Å²) in [5.74, 6) is 0.593. The first-order valence-electron chi connectivity index (χ1n) is 4.60. The van der Waals surface area contributed by atoms with E-state index in [1.165, 1.54) is 0 Å². The van der Waals surface area contributed by atoms with Gasteiger partial charge in [-0.3, -0.25) is 4.79 Å². The predicted octanol–water partition coefficient (Wildman–Crippen LogP) is 1.85. The minimum Gasteiger partial charge on any atom is -0.468 e. The Kier molecular flexibility index (Phi) is 1.77. The summed E-state index contributed by atoms with van der Waals surface area (Å²) < 4.78 is 5.64. The first-order valence-corrected chi connectivity index (χ1v) is 4.60. The summed E-state index contributed by atoms with van der Waals surface area (Å²) in [6, 6.07) is 5.57. The summed E-state index contributed by atoms with van der Waals surface area (Å²) in [7, 11) is 0. The van der Waals surface area contributed by atoms with Gasteiger partial charge in [-0.15, -0.1) is 0 Å². The van der Waals surface area contributed by atoms with Crippen molar-refractivity contribution in [2.24, 2.45) is 0 Å². The van der Waals surface area contributed by atoms with E-state index in [1.54, 1.807) is 6.07 Å². The highest BCUT2D eigenvalue weighted by Crippen LogP contribution is 2.27. The molecule has 1 aromatic rings. The van der Waals surface area contributed by atoms with Crippen molar-refractivity contribution in [3.05, 3.63) is 29.3 Å². The minimum atomic E-state index is -0.613. The van der Waals surface area contributed by atoms with E-state index in [-0.39, 0.29) is 5.91 Å². The second kappa shape index (κ2) is 2.74. The Labute approximate surface area is 83.1 Å². The average molecular weight is 191 g/mol. The lowest BCUT2D eigenvalue weighted by atomic mass is 10.1. The molecule has 0 aromatic heterocycles. The number of hydrogen-bond acceptors (Lipinski definition) is 2. The predicted molar refractivity (Wildman–Crippen MR) is 53.4 cm³/mol. The normalized spacial score (nSPS) is 18.1. The molecule has 2 rings (SSSR count). The fourth-order valence-corrected chi connectivity index (χ4v) is 1.54. The molecule has 14 heavy (non-hydrogen) atoms. The fraction of sp³-hybridized carbons (Fsp3) is 0.364. The molecule has 0 radical (unpaired) electrons. The standard InChI is InChI=1S/C11H13NO2/c1-7-4-5-8-9(6-7)14-11(2,3)12-10(8)13/h4-6H,1-3H3,(H,12,13). The molecule has 1 aliphatic heterocycles. The maximum absolute atomic E-state index is 11.6. The first kappa shape index (κ1) is 9.06. The van der Waals surface area contributed by atoms with Gasteiger partial charge >= 0.3 is 0 Å². The monoisotopic (exact) mass is 191 g/mol. The van der Waals surface area contributed by atoms with Crippen LogP contribution in [-0.4, -0.2) is 11.6 Å². The maximum atomic E-state index is 11.6. The van der Waals surface area contributed by atoms with E-state index < -0.39 is 5.72 Å². The van der Waals surface area contributed by atoms with Crippen LogP contribution in [0.2, 0.25) is 0 Å². The van der Waals surface area contributed by atoms with Gasteiger partial charge in [-0.1, -0.05) is 6.07 Å². The molecule has 1 heterocycles. The number of benzene rings is 1. The van der Waals surface area contributed by atoms with Gasteiger partial charge in [0, 0.05) is 0 Å². The van der Waals surface area contributed by atoms with E-state index in [9.17, 15) is 4.79 Å². The van der Waals surface area contributed by atoms with Crippen molar-refractivity contribution >= 4 is 5.91 Å². The molecule has 1 amide bonds. The molecule has 0 unspecified atom stereocenters. The van der Waals surface area contributed by atoms with Crippen LogP contribution in [0.4, 0.5) is 0 Å². The molecule has 0 spiro atoms. The Balaban J connectivity index is 2.51. The van der Waals surface area contributed by atoms with Gasteiger partial charge < -0.3 is 10.1 Å². The highest BCUT2D eigenvalue weighted by atomic mass is 16.5. The van der Waals surface area contributed by atoms with Gasteiger partial charge in [-0.2, -0.15) is 0 Å². The number of rotatable bonds is 0. The molecule has 0 aliphatic carbocycles. The molecule has 0 fully saturated rings. The number of fused-ring (bicyclic) bond motifs is 1. The quantitative estimate of drug-likeness (QED) is 0.679. The summed E-state index contributed by atoms with van der Waals surface area (Å²) in [4.78, 5) is 11.6. The molecule has 74 valence electrons. The zero-order chi connectivity index (χ0) is 10.3. The van der Waals surface area contributed by atoms with E-state index in [1.807, 2.05) is 32.9 Å². The van der Waals surface area contributed by atoms with Crippen molar-refractivity contribution in [2.75, 3.05) is 0 Å². The zero-order valence-electron chi connectivity index (χ0n) is 8.55. The van der Waals surface area contributed by atoms with Gasteiger partial charge in [0.1, 0.15) is 5.75 Å². The Hall–Kier alpha value is -1.51. The summed E-state index contributed by atoms with van der Waals surface area (Å²) in [5.41, 5.74) is 1.09. The highest BCUT2D eigenvalue weighted by molar-refractivity contribution is 5.98. The molecule has 1 N–H and O–H groups in total. The Morgan fingerprint density at radius 1 is 1.36 bits per heavy atom. The molecule has 3 nitrogen and oxygen atoms in total. The van der Waals surface area contributed by atoms with Gasteiger partial charge in [-0.25, -0.2) is 0 Å². The summed E-state index contributed by atoms with van der Waals surface area (Å²) in [6.45, 7) is 5.63. The van der Waals surface area contributed by atoms with Gasteiger partial charge in [0.25, 0.3) is 5.91 Å². The third kappa shape index (κ3) is 1.45. The van der Waals surface area contributed by atoms with Gasteiger partial charge in [0.05, 0.1) is 5.56 Å². The Morgan fingerprint density at radius 3 is 2.79 bits per heavy atom. The topological polar surface area (TPSA) is 38.3 Å². The van der Waals surface area contributed by atoms with Crippen molar-refractivity contribution in [3.63, 3.8) is 0 Å². The van der Waals surface area contributed by atoms with Crippen LogP contribution in [0.1, 0.15) is 29.8 Å². The van der Waals surface area contributed by atoms with E-state index in [4.69, 9.17) is 4.74 Å². The van der Waals surface area contributed by atoms with Gasteiger partial charge in [0.15, 0.2) is 5.72 Å². The number of nitrogens with one attached hydrogen (secondary N) is 1. The number of aryl methyl sites for hydroxylation is 1. The van der Waals surface area contributed by atoms with E-state index in [0.29, 0.717) is 11.3 Å². The van der Waals surface area contributed by atoms with Crippen LogP contribution in [0.3, 0.4) is 0 Å². The second-order valence-electron chi connectivity index (χ2n) is 4.07. The third-order valence-corrected chi connectivity index (χ3v) is 2.16. The fourth-order valence-electron chi connectivity index (χ4n) is 1.54. The molecule has 0 atom stereocenters. The van der Waals surface area contributed by atoms with Gasteiger partial charge in [0.2, 0.25) is 0 Å². The number of carbonyl (C=O) groups excluding carboxylic acids is 1. The Morgan fingerprint density at radius 2 is 2.07 bits per heavy atom. The van der Waals surface area contributed by atoms with Crippen molar-refractivity contribution in [1.29, 1.82) is 0 Å². The highest BCUT2D eigenvalue weighted by Gasteiger charge is 2.30. The average Bonchev–Trinajstić information content (AvgIpc) is 2.00. The molecule has 1 aromatic carbocycles. The van der Waals surface area contributed by atoms with Crippen molar-refractivity contribution in [3.8, 4) is 5.75 Å². The SMILES string of the molecule is Cc1ccc2c(c1)OC(C)(C)NC2=O. The molecular formula is C11H13NO2. The molecule has 3 heteroatoms. The molecule has 1 aliphatic rings. The van der Waals surface area contributed by atoms with E-state index in [0.717, 1.165) is 5.56 Å². The lowest BCUT2D eigenvalue weighted by Gasteiger charge is -2.33. The number of hydrogen-bond donors (Lipinski definition) is 1. The summed E-state index contributed by atoms with van der Waals surface area (Å²) >= 11 is 0.